The third-order valence-corrected chi connectivity index (χ3v) is 9.34. The molecule has 2 heterocycles. The van der Waals surface area contributed by atoms with E-state index in [4.69, 9.17) is 0 Å². The number of nitrogens with zero attached hydrogens (tertiary/aromatic N) is 2. The maximum absolute atomic E-state index is 2.59. The summed E-state index contributed by atoms with van der Waals surface area (Å²) in [5.74, 6) is 0.521. The summed E-state index contributed by atoms with van der Waals surface area (Å²) in [7, 11) is 0. The van der Waals surface area contributed by atoms with E-state index in [2.05, 4.69) is 137 Å². The molecule has 5 aromatic carbocycles. The molecule has 0 amide bonds. The molecule has 2 aromatic heterocycles. The van der Waals surface area contributed by atoms with Crippen molar-refractivity contribution in [3.05, 3.63) is 132 Å². The Hall–Kier alpha value is -4.82. The Morgan fingerprint density at radius 2 is 1.39 bits per heavy atom. The fourth-order valence-electron chi connectivity index (χ4n) is 7.48. The molecule has 2 aliphatic rings. The third-order valence-electron chi connectivity index (χ3n) is 9.34. The van der Waals surface area contributed by atoms with Crippen molar-refractivity contribution in [1.82, 2.24) is 9.13 Å². The minimum Gasteiger partial charge on any atom is -0.311 e. The number of benzene rings is 5. The fraction of sp³-hybridized carbons (Fsp3) is 0.128. The van der Waals surface area contributed by atoms with Gasteiger partial charge in [0.1, 0.15) is 0 Å². The largest absolute Gasteiger partial charge is 0.311 e. The van der Waals surface area contributed by atoms with Crippen LogP contribution in [0.2, 0.25) is 0 Å². The molecule has 0 spiro atoms. The van der Waals surface area contributed by atoms with Gasteiger partial charge in [-0.2, -0.15) is 0 Å². The van der Waals surface area contributed by atoms with Gasteiger partial charge in [-0.25, -0.2) is 0 Å². The second kappa shape index (κ2) is 8.59. The summed E-state index contributed by atoms with van der Waals surface area (Å²) in [6.07, 6.45) is 10.3. The summed E-state index contributed by atoms with van der Waals surface area (Å²) in [4.78, 5) is 0. The van der Waals surface area contributed by atoms with Crippen LogP contribution in [0, 0.1) is 5.92 Å². The standard InChI is InChI=1S/C39H30N2/c1-25-17-22-37-34(23-25)33-21-20-32-31-14-6-7-15-36(31)40(29-19-18-26-9-2-3-11-28(26)24-29)38(32)39(33)41(37)35-16-8-12-27-10-4-5-13-30(27)35/h2-17,20-22,24-25H,18-19,23H2,1H3. The molecule has 0 saturated heterocycles. The predicted octanol–water partition coefficient (Wildman–Crippen LogP) is 10.0. The summed E-state index contributed by atoms with van der Waals surface area (Å²) in [5.41, 5.74) is 12.1. The number of aromatic nitrogens is 2. The maximum atomic E-state index is 2.59. The first-order valence-electron chi connectivity index (χ1n) is 14.8. The van der Waals surface area contributed by atoms with Gasteiger partial charge in [0.15, 0.2) is 0 Å². The second-order valence-electron chi connectivity index (χ2n) is 11.8. The van der Waals surface area contributed by atoms with Crippen LogP contribution in [0.4, 0.5) is 0 Å². The lowest BCUT2D eigenvalue weighted by Gasteiger charge is -2.20. The van der Waals surface area contributed by atoms with Gasteiger partial charge in [-0.05, 0) is 71.5 Å². The zero-order valence-corrected chi connectivity index (χ0v) is 23.1. The smallest absolute Gasteiger partial charge is 0.0786 e. The van der Waals surface area contributed by atoms with E-state index in [1.807, 2.05) is 0 Å². The monoisotopic (exact) mass is 526 g/mol. The lowest BCUT2D eigenvalue weighted by atomic mass is 9.93. The molecule has 0 bridgehead atoms. The Balaban J connectivity index is 1.49. The zero-order chi connectivity index (χ0) is 27.1. The quantitative estimate of drug-likeness (QED) is 0.212. The molecule has 2 aliphatic carbocycles. The van der Waals surface area contributed by atoms with Crippen LogP contribution in [-0.4, -0.2) is 9.13 Å². The van der Waals surface area contributed by atoms with Crippen LogP contribution < -0.4 is 0 Å². The van der Waals surface area contributed by atoms with Gasteiger partial charge >= 0.3 is 0 Å². The van der Waals surface area contributed by atoms with Crippen molar-refractivity contribution in [3.63, 3.8) is 0 Å². The number of hydrogen-bond acceptors (Lipinski definition) is 0. The average Bonchev–Trinajstić information content (AvgIpc) is 3.53. The fourth-order valence-corrected chi connectivity index (χ4v) is 7.48. The molecule has 0 fully saturated rings. The van der Waals surface area contributed by atoms with Crippen molar-refractivity contribution >= 4 is 61.3 Å². The summed E-state index contributed by atoms with van der Waals surface area (Å²) in [6, 6.07) is 38.2. The maximum Gasteiger partial charge on any atom is 0.0786 e. The number of allylic oxidation sites excluding steroid dienone is 2. The number of hydrogen-bond donors (Lipinski definition) is 0. The van der Waals surface area contributed by atoms with Crippen LogP contribution in [0.5, 0.6) is 0 Å². The molecular formula is C39H30N2. The Bertz CT molecular complexity index is 2250. The van der Waals surface area contributed by atoms with Crippen molar-refractivity contribution in [2.45, 2.75) is 26.2 Å². The summed E-state index contributed by atoms with van der Waals surface area (Å²) in [6.45, 7) is 2.33. The second-order valence-corrected chi connectivity index (χ2v) is 11.8. The van der Waals surface area contributed by atoms with Crippen molar-refractivity contribution < 1.29 is 0 Å². The molecule has 2 nitrogen and oxygen atoms in total. The summed E-state index contributed by atoms with van der Waals surface area (Å²) >= 11 is 0. The Labute approximate surface area is 239 Å². The van der Waals surface area contributed by atoms with Crippen LogP contribution in [0.1, 0.15) is 35.7 Å². The van der Waals surface area contributed by atoms with E-state index in [9.17, 15) is 0 Å². The number of para-hydroxylation sites is 1. The van der Waals surface area contributed by atoms with Crippen molar-refractivity contribution in [2.75, 3.05) is 0 Å². The minimum atomic E-state index is 0.521. The topological polar surface area (TPSA) is 9.86 Å². The molecule has 0 N–H and O–H groups in total. The van der Waals surface area contributed by atoms with E-state index < -0.39 is 0 Å². The average molecular weight is 527 g/mol. The van der Waals surface area contributed by atoms with E-state index >= 15 is 0 Å². The van der Waals surface area contributed by atoms with E-state index in [1.54, 1.807) is 0 Å². The van der Waals surface area contributed by atoms with E-state index in [1.165, 1.54) is 77.2 Å². The van der Waals surface area contributed by atoms with E-state index in [-0.39, 0.29) is 0 Å². The highest BCUT2D eigenvalue weighted by molar-refractivity contribution is 6.20. The first kappa shape index (κ1) is 22.9. The van der Waals surface area contributed by atoms with Crippen molar-refractivity contribution in [1.29, 1.82) is 0 Å². The first-order chi connectivity index (χ1) is 20.3. The van der Waals surface area contributed by atoms with Crippen LogP contribution in [0.3, 0.4) is 0 Å². The molecule has 0 radical (unpaired) electrons. The molecule has 7 aromatic rings. The molecule has 1 unspecified atom stereocenters. The van der Waals surface area contributed by atoms with Crippen LogP contribution >= 0.6 is 0 Å². The van der Waals surface area contributed by atoms with E-state index in [0.29, 0.717) is 5.92 Å². The van der Waals surface area contributed by atoms with Crippen LogP contribution in [0.25, 0.3) is 67.0 Å². The molecular weight excluding hydrogens is 496 g/mol. The van der Waals surface area contributed by atoms with Gasteiger partial charge in [-0.3, -0.25) is 0 Å². The lowest BCUT2D eigenvalue weighted by Crippen LogP contribution is -2.07. The molecule has 0 aliphatic heterocycles. The highest BCUT2D eigenvalue weighted by atomic mass is 15.1. The predicted molar refractivity (Wildman–Crippen MR) is 175 cm³/mol. The number of fused-ring (bicyclic) bond motifs is 9. The van der Waals surface area contributed by atoms with Gasteiger partial charge in [0.25, 0.3) is 0 Å². The third kappa shape index (κ3) is 3.25. The molecule has 41 heavy (non-hydrogen) atoms. The molecule has 196 valence electrons. The highest BCUT2D eigenvalue weighted by Gasteiger charge is 2.27. The Morgan fingerprint density at radius 3 is 2.34 bits per heavy atom. The van der Waals surface area contributed by atoms with Gasteiger partial charge in [-0.15, -0.1) is 0 Å². The molecule has 1 atom stereocenters. The summed E-state index contributed by atoms with van der Waals surface area (Å²) in [5, 5.41) is 6.57. The normalized spacial score (nSPS) is 16.4. The zero-order valence-electron chi connectivity index (χ0n) is 23.1. The minimum absolute atomic E-state index is 0.521. The SMILES string of the molecule is CC1C=Cc2c(c3ccc4c5ccccc5n(C5=Cc6ccccc6CC5)c4c3n2-c2cccc3ccccc23)C1. The molecule has 9 rings (SSSR count). The van der Waals surface area contributed by atoms with Gasteiger partial charge in [0.2, 0.25) is 0 Å². The molecule has 0 saturated carbocycles. The number of aryl methyl sites for hydroxylation is 1. The van der Waals surface area contributed by atoms with Gasteiger partial charge < -0.3 is 9.13 Å². The Kier molecular flexibility index (Phi) is 4.81. The summed E-state index contributed by atoms with van der Waals surface area (Å²) < 4.78 is 5.16. The van der Waals surface area contributed by atoms with Gasteiger partial charge in [0.05, 0.1) is 22.2 Å². The number of rotatable bonds is 2. The van der Waals surface area contributed by atoms with E-state index in [0.717, 1.165) is 19.3 Å². The van der Waals surface area contributed by atoms with Gasteiger partial charge in [0, 0.05) is 32.9 Å². The van der Waals surface area contributed by atoms with Crippen LogP contribution in [-0.2, 0) is 12.8 Å². The van der Waals surface area contributed by atoms with Crippen molar-refractivity contribution in [2.24, 2.45) is 5.92 Å². The van der Waals surface area contributed by atoms with Crippen LogP contribution in [0.15, 0.2) is 109 Å². The van der Waals surface area contributed by atoms with Gasteiger partial charge in [-0.1, -0.05) is 104 Å². The van der Waals surface area contributed by atoms with Crippen molar-refractivity contribution in [3.8, 4) is 5.69 Å². The molecule has 2 heteroatoms. The first-order valence-corrected chi connectivity index (χ1v) is 14.8. The highest BCUT2D eigenvalue weighted by Crippen LogP contribution is 2.44. The lowest BCUT2D eigenvalue weighted by molar-refractivity contribution is 0.718. The Morgan fingerprint density at radius 1 is 0.634 bits per heavy atom.